The van der Waals surface area contributed by atoms with Crippen molar-refractivity contribution in [3.63, 3.8) is 0 Å². The van der Waals surface area contributed by atoms with Gasteiger partial charge in [0.25, 0.3) is 0 Å². The molecule has 1 unspecified atom stereocenters. The van der Waals surface area contributed by atoms with E-state index >= 15 is 0 Å². The zero-order valence-corrected chi connectivity index (χ0v) is 11.3. The molecule has 100 valence electrons. The third kappa shape index (κ3) is 3.85. The van der Waals surface area contributed by atoms with Gasteiger partial charge in [-0.05, 0) is 27.2 Å². The number of hydrogen-bond acceptors (Lipinski definition) is 4. The Labute approximate surface area is 103 Å². The van der Waals surface area contributed by atoms with Crippen LogP contribution in [0.3, 0.4) is 0 Å². The van der Waals surface area contributed by atoms with E-state index in [-0.39, 0.29) is 11.5 Å². The summed E-state index contributed by atoms with van der Waals surface area (Å²) < 4.78 is 10.5. The summed E-state index contributed by atoms with van der Waals surface area (Å²) in [6, 6.07) is 0. The second-order valence-corrected chi connectivity index (χ2v) is 5.79. The Morgan fingerprint density at radius 2 is 2.12 bits per heavy atom. The van der Waals surface area contributed by atoms with E-state index in [2.05, 4.69) is 0 Å². The SMILES string of the molecule is COCC1(CN)CCN(C(=O)OC(C)(C)C)C1. The van der Waals surface area contributed by atoms with E-state index < -0.39 is 5.60 Å². The molecule has 1 saturated heterocycles. The van der Waals surface area contributed by atoms with Crippen molar-refractivity contribution in [2.45, 2.75) is 32.8 Å². The zero-order valence-electron chi connectivity index (χ0n) is 11.3. The number of rotatable bonds is 3. The minimum absolute atomic E-state index is 0.106. The minimum Gasteiger partial charge on any atom is -0.444 e. The van der Waals surface area contributed by atoms with E-state index in [0.29, 0.717) is 26.2 Å². The summed E-state index contributed by atoms with van der Waals surface area (Å²) in [5, 5.41) is 0. The lowest BCUT2D eigenvalue weighted by Crippen LogP contribution is -2.41. The monoisotopic (exact) mass is 244 g/mol. The fourth-order valence-electron chi connectivity index (χ4n) is 2.07. The van der Waals surface area contributed by atoms with Crippen LogP contribution in [-0.4, -0.2) is 49.9 Å². The van der Waals surface area contributed by atoms with Crippen LogP contribution < -0.4 is 5.73 Å². The molecule has 0 bridgehead atoms. The summed E-state index contributed by atoms with van der Waals surface area (Å²) in [7, 11) is 1.66. The number of amides is 1. The van der Waals surface area contributed by atoms with Crippen LogP contribution in [0, 0.1) is 5.41 Å². The second-order valence-electron chi connectivity index (χ2n) is 5.79. The predicted octanol–water partition coefficient (Wildman–Crippen LogP) is 1.22. The van der Waals surface area contributed by atoms with Crippen molar-refractivity contribution >= 4 is 6.09 Å². The first-order valence-electron chi connectivity index (χ1n) is 5.99. The molecular weight excluding hydrogens is 220 g/mol. The molecule has 0 aromatic carbocycles. The smallest absolute Gasteiger partial charge is 0.410 e. The number of carbonyl (C=O) groups excluding carboxylic acids is 1. The molecule has 1 rings (SSSR count). The van der Waals surface area contributed by atoms with Crippen molar-refractivity contribution in [2.24, 2.45) is 11.1 Å². The lowest BCUT2D eigenvalue weighted by Gasteiger charge is -2.28. The largest absolute Gasteiger partial charge is 0.444 e. The van der Waals surface area contributed by atoms with Crippen molar-refractivity contribution in [3.8, 4) is 0 Å². The molecule has 0 saturated carbocycles. The third-order valence-electron chi connectivity index (χ3n) is 2.97. The maximum atomic E-state index is 11.9. The summed E-state index contributed by atoms with van der Waals surface area (Å²) in [6.45, 7) is 8.02. The standard InChI is InChI=1S/C12H24N2O3/c1-11(2,3)17-10(15)14-6-5-12(7-13,8-14)9-16-4/h5-9,13H2,1-4H3. The van der Waals surface area contributed by atoms with Crippen molar-refractivity contribution in [1.29, 1.82) is 0 Å². The van der Waals surface area contributed by atoms with Gasteiger partial charge in [-0.3, -0.25) is 0 Å². The Morgan fingerprint density at radius 3 is 2.59 bits per heavy atom. The Kier molecular flexibility index (Phi) is 4.38. The minimum atomic E-state index is -0.452. The summed E-state index contributed by atoms with van der Waals surface area (Å²) in [4.78, 5) is 13.6. The van der Waals surface area contributed by atoms with Crippen LogP contribution in [0.5, 0.6) is 0 Å². The molecule has 1 heterocycles. The van der Waals surface area contributed by atoms with Gasteiger partial charge >= 0.3 is 6.09 Å². The van der Waals surface area contributed by atoms with Crippen LogP contribution >= 0.6 is 0 Å². The Balaban J connectivity index is 2.57. The van der Waals surface area contributed by atoms with Gasteiger partial charge in [0.15, 0.2) is 0 Å². The van der Waals surface area contributed by atoms with E-state index in [1.807, 2.05) is 20.8 Å². The lowest BCUT2D eigenvalue weighted by atomic mass is 9.88. The Morgan fingerprint density at radius 1 is 1.47 bits per heavy atom. The number of hydrogen-bond donors (Lipinski definition) is 1. The van der Waals surface area contributed by atoms with Gasteiger partial charge in [0.2, 0.25) is 0 Å². The van der Waals surface area contributed by atoms with Crippen LogP contribution in [0.2, 0.25) is 0 Å². The van der Waals surface area contributed by atoms with Gasteiger partial charge in [-0.25, -0.2) is 4.79 Å². The quantitative estimate of drug-likeness (QED) is 0.810. The number of likely N-dealkylation sites (tertiary alicyclic amines) is 1. The van der Waals surface area contributed by atoms with Gasteiger partial charge < -0.3 is 20.1 Å². The van der Waals surface area contributed by atoms with Gasteiger partial charge in [0, 0.05) is 32.2 Å². The fourth-order valence-corrected chi connectivity index (χ4v) is 2.07. The molecule has 1 amide bonds. The number of ether oxygens (including phenoxy) is 2. The molecule has 0 radical (unpaired) electrons. The molecule has 1 aliphatic heterocycles. The van der Waals surface area contributed by atoms with Crippen LogP contribution in [0.4, 0.5) is 4.79 Å². The van der Waals surface area contributed by atoms with Gasteiger partial charge in [-0.15, -0.1) is 0 Å². The average Bonchev–Trinajstić information content (AvgIpc) is 2.61. The molecular formula is C12H24N2O3. The van der Waals surface area contributed by atoms with E-state index in [9.17, 15) is 4.79 Å². The van der Waals surface area contributed by atoms with E-state index in [1.165, 1.54) is 0 Å². The number of nitrogens with two attached hydrogens (primary N) is 1. The van der Waals surface area contributed by atoms with Crippen molar-refractivity contribution in [1.82, 2.24) is 4.90 Å². The Bertz CT molecular complexity index is 275. The highest BCUT2D eigenvalue weighted by Gasteiger charge is 2.40. The Hall–Kier alpha value is -0.810. The third-order valence-corrected chi connectivity index (χ3v) is 2.97. The normalized spacial score (nSPS) is 25.1. The summed E-state index contributed by atoms with van der Waals surface area (Å²) in [6.07, 6.45) is 0.611. The van der Waals surface area contributed by atoms with Crippen LogP contribution in [0.25, 0.3) is 0 Å². The number of methoxy groups -OCH3 is 1. The van der Waals surface area contributed by atoms with Gasteiger partial charge in [0.1, 0.15) is 5.60 Å². The van der Waals surface area contributed by atoms with Gasteiger partial charge in [-0.2, -0.15) is 0 Å². The van der Waals surface area contributed by atoms with Crippen LogP contribution in [-0.2, 0) is 9.47 Å². The number of nitrogens with zero attached hydrogens (tertiary/aromatic N) is 1. The summed E-state index contributed by atoms with van der Waals surface area (Å²) in [5.74, 6) is 0. The molecule has 5 nitrogen and oxygen atoms in total. The maximum Gasteiger partial charge on any atom is 0.410 e. The molecule has 1 aliphatic rings. The molecule has 1 atom stereocenters. The average molecular weight is 244 g/mol. The van der Waals surface area contributed by atoms with Crippen molar-refractivity contribution in [3.05, 3.63) is 0 Å². The second kappa shape index (κ2) is 5.23. The van der Waals surface area contributed by atoms with Crippen molar-refractivity contribution in [2.75, 3.05) is 33.4 Å². The first kappa shape index (κ1) is 14.3. The molecule has 0 aromatic rings. The van der Waals surface area contributed by atoms with Gasteiger partial charge in [-0.1, -0.05) is 0 Å². The van der Waals surface area contributed by atoms with Crippen molar-refractivity contribution < 1.29 is 14.3 Å². The molecule has 0 aliphatic carbocycles. The highest BCUT2D eigenvalue weighted by atomic mass is 16.6. The van der Waals surface area contributed by atoms with Gasteiger partial charge in [0.05, 0.1) is 6.61 Å². The molecule has 1 fully saturated rings. The summed E-state index contributed by atoms with van der Waals surface area (Å²) >= 11 is 0. The number of carbonyl (C=O) groups is 1. The molecule has 0 aromatic heterocycles. The zero-order chi connectivity index (χ0) is 13.1. The first-order valence-corrected chi connectivity index (χ1v) is 5.99. The van der Waals surface area contributed by atoms with Crippen LogP contribution in [0.1, 0.15) is 27.2 Å². The van der Waals surface area contributed by atoms with E-state index in [1.54, 1.807) is 12.0 Å². The fraction of sp³-hybridized carbons (Fsp3) is 0.917. The maximum absolute atomic E-state index is 11.9. The highest BCUT2D eigenvalue weighted by molar-refractivity contribution is 5.68. The predicted molar refractivity (Wildman–Crippen MR) is 65.8 cm³/mol. The van der Waals surface area contributed by atoms with E-state index in [0.717, 1.165) is 6.42 Å². The van der Waals surface area contributed by atoms with Crippen LogP contribution in [0.15, 0.2) is 0 Å². The topological polar surface area (TPSA) is 64.8 Å². The summed E-state index contributed by atoms with van der Waals surface area (Å²) in [5.41, 5.74) is 5.23. The molecule has 0 spiro atoms. The molecule has 5 heteroatoms. The molecule has 17 heavy (non-hydrogen) atoms. The first-order chi connectivity index (χ1) is 7.82. The lowest BCUT2D eigenvalue weighted by molar-refractivity contribution is 0.0243. The van der Waals surface area contributed by atoms with E-state index in [4.69, 9.17) is 15.2 Å². The molecule has 2 N–H and O–H groups in total. The highest BCUT2D eigenvalue weighted by Crippen LogP contribution is 2.30.